The maximum Gasteiger partial charge on any atom is 0.280 e. The second-order valence-corrected chi connectivity index (χ2v) is 7.02. The molecular weight excluding hydrogens is 328 g/mol. The van der Waals surface area contributed by atoms with Gasteiger partial charge >= 0.3 is 0 Å². The molecule has 2 unspecified atom stereocenters. The average Bonchev–Trinajstić information content (AvgIpc) is 3.23. The average molecular weight is 349 g/mol. The number of piperidine rings is 1. The predicted molar refractivity (Wildman–Crippen MR) is 86.3 cm³/mol. The molecule has 2 bridgehead atoms. The Hall–Kier alpha value is -2.25. The third-order valence-electron chi connectivity index (χ3n) is 5.60. The van der Waals surface area contributed by atoms with Gasteiger partial charge in [0.25, 0.3) is 12.3 Å². The quantitative estimate of drug-likeness (QED) is 0.856. The van der Waals surface area contributed by atoms with Crippen molar-refractivity contribution in [2.75, 3.05) is 0 Å². The Labute approximate surface area is 144 Å². The summed E-state index contributed by atoms with van der Waals surface area (Å²) in [5, 5.41) is 8.26. The van der Waals surface area contributed by atoms with Crippen LogP contribution in [0, 0.1) is 0 Å². The Bertz CT molecular complexity index is 785. The zero-order valence-corrected chi connectivity index (χ0v) is 14.3. The first kappa shape index (κ1) is 16.2. The molecule has 1 amide bonds. The molecular formula is C17H21F2N5O. The molecule has 2 aromatic heterocycles. The summed E-state index contributed by atoms with van der Waals surface area (Å²) in [7, 11) is 3.38. The molecule has 2 aliphatic rings. The molecule has 0 aliphatic carbocycles. The van der Waals surface area contributed by atoms with Crippen molar-refractivity contribution < 1.29 is 13.6 Å². The first-order chi connectivity index (χ1) is 12.0. The maximum absolute atomic E-state index is 13.0. The Balaban J connectivity index is 1.56. The third kappa shape index (κ3) is 2.63. The number of hydrogen-bond donors (Lipinski definition) is 0. The smallest absolute Gasteiger partial charge is 0.280 e. The number of fused-ring (bicyclic) bond motifs is 2. The summed E-state index contributed by atoms with van der Waals surface area (Å²) in [5.74, 6) is 0.160. The van der Waals surface area contributed by atoms with E-state index in [0.717, 1.165) is 30.4 Å². The number of nitrogens with zero attached hydrogens (tertiary/aromatic N) is 5. The van der Waals surface area contributed by atoms with E-state index in [1.54, 1.807) is 6.20 Å². The summed E-state index contributed by atoms with van der Waals surface area (Å²) in [4.78, 5) is 14.8. The molecule has 0 saturated carbocycles. The summed E-state index contributed by atoms with van der Waals surface area (Å²) in [6, 6.07) is 3.54. The minimum atomic E-state index is -2.63. The van der Waals surface area contributed by atoms with Gasteiger partial charge in [-0.2, -0.15) is 10.2 Å². The van der Waals surface area contributed by atoms with Gasteiger partial charge in [-0.3, -0.25) is 14.2 Å². The first-order valence-electron chi connectivity index (χ1n) is 8.58. The molecule has 2 atom stereocenters. The molecule has 0 spiro atoms. The van der Waals surface area contributed by atoms with Crippen LogP contribution in [0.3, 0.4) is 0 Å². The van der Waals surface area contributed by atoms with Crippen molar-refractivity contribution in [3.8, 4) is 0 Å². The van der Waals surface area contributed by atoms with Crippen molar-refractivity contribution in [1.82, 2.24) is 24.5 Å². The number of rotatable bonds is 3. The summed E-state index contributed by atoms with van der Waals surface area (Å²) >= 11 is 0. The Kier molecular flexibility index (Phi) is 3.85. The molecule has 8 heteroatoms. The lowest BCUT2D eigenvalue weighted by molar-refractivity contribution is 0.0561. The van der Waals surface area contributed by atoms with Crippen molar-refractivity contribution in [3.63, 3.8) is 0 Å². The Morgan fingerprint density at radius 2 is 1.88 bits per heavy atom. The number of halogens is 2. The van der Waals surface area contributed by atoms with Gasteiger partial charge in [0.2, 0.25) is 0 Å². The van der Waals surface area contributed by atoms with Crippen molar-refractivity contribution in [2.45, 2.75) is 50.1 Å². The monoisotopic (exact) mass is 349 g/mol. The second kappa shape index (κ2) is 5.93. The zero-order chi connectivity index (χ0) is 17.7. The largest absolute Gasteiger partial charge is 0.331 e. The number of hydrogen-bond acceptors (Lipinski definition) is 3. The van der Waals surface area contributed by atoms with Crippen LogP contribution in [0.1, 0.15) is 59.9 Å². The maximum atomic E-state index is 13.0. The number of amides is 1. The first-order valence-corrected chi connectivity index (χ1v) is 8.58. The van der Waals surface area contributed by atoms with Gasteiger partial charge in [0, 0.05) is 44.0 Å². The van der Waals surface area contributed by atoms with E-state index in [2.05, 4.69) is 10.2 Å². The Morgan fingerprint density at radius 1 is 1.20 bits per heavy atom. The molecule has 0 aromatic carbocycles. The molecule has 25 heavy (non-hydrogen) atoms. The predicted octanol–water partition coefficient (Wildman–Crippen LogP) is 2.64. The molecule has 6 nitrogen and oxygen atoms in total. The Morgan fingerprint density at radius 3 is 2.40 bits per heavy atom. The van der Waals surface area contributed by atoms with E-state index in [0.29, 0.717) is 5.92 Å². The van der Waals surface area contributed by atoms with Gasteiger partial charge in [-0.15, -0.1) is 0 Å². The van der Waals surface area contributed by atoms with Gasteiger partial charge in [-0.1, -0.05) is 0 Å². The van der Waals surface area contributed by atoms with E-state index >= 15 is 0 Å². The van der Waals surface area contributed by atoms with Crippen molar-refractivity contribution in [2.24, 2.45) is 14.1 Å². The van der Waals surface area contributed by atoms with Crippen LogP contribution in [0.4, 0.5) is 8.78 Å². The van der Waals surface area contributed by atoms with Gasteiger partial charge in [-0.25, -0.2) is 8.78 Å². The second-order valence-electron chi connectivity index (χ2n) is 7.02. The summed E-state index contributed by atoms with van der Waals surface area (Å²) < 4.78 is 28.9. The minimum absolute atomic E-state index is 0.119. The number of carbonyl (C=O) groups is 1. The molecule has 2 aliphatic heterocycles. The van der Waals surface area contributed by atoms with E-state index in [-0.39, 0.29) is 29.4 Å². The highest BCUT2D eigenvalue weighted by Gasteiger charge is 2.45. The highest BCUT2D eigenvalue weighted by atomic mass is 19.3. The molecule has 0 N–H and O–H groups in total. The van der Waals surface area contributed by atoms with Crippen LogP contribution >= 0.6 is 0 Å². The molecule has 134 valence electrons. The summed E-state index contributed by atoms with van der Waals surface area (Å²) in [6.45, 7) is 0. The van der Waals surface area contributed by atoms with Crippen LogP contribution in [0.5, 0.6) is 0 Å². The lowest BCUT2D eigenvalue weighted by Crippen LogP contribution is -2.46. The van der Waals surface area contributed by atoms with Crippen molar-refractivity contribution in [1.29, 1.82) is 0 Å². The van der Waals surface area contributed by atoms with Crippen molar-refractivity contribution in [3.05, 3.63) is 35.4 Å². The zero-order valence-electron chi connectivity index (χ0n) is 14.3. The molecule has 2 aromatic rings. The highest BCUT2D eigenvalue weighted by Crippen LogP contribution is 2.43. The van der Waals surface area contributed by atoms with Gasteiger partial charge in [0.05, 0.1) is 0 Å². The van der Waals surface area contributed by atoms with E-state index in [9.17, 15) is 13.6 Å². The summed E-state index contributed by atoms with van der Waals surface area (Å²) in [6.07, 6.45) is 2.85. The fourth-order valence-electron chi connectivity index (χ4n) is 4.46. The van der Waals surface area contributed by atoms with E-state index < -0.39 is 6.43 Å². The van der Waals surface area contributed by atoms with Gasteiger partial charge in [-0.05, 0) is 37.8 Å². The fourth-order valence-corrected chi connectivity index (χ4v) is 4.46. The van der Waals surface area contributed by atoms with Crippen LogP contribution in [-0.4, -0.2) is 42.5 Å². The molecule has 2 fully saturated rings. The number of aromatic nitrogens is 4. The lowest BCUT2D eigenvalue weighted by Gasteiger charge is -2.38. The van der Waals surface area contributed by atoms with Gasteiger partial charge in [0.1, 0.15) is 5.69 Å². The SMILES string of the molecule is Cn1nc(C(=O)N2C3CCC2CC(c2ccnn2C)C3)cc1C(F)F. The standard InChI is InChI=1S/C17H21F2N5O/c1-22-14(5-6-20-22)10-7-11-3-4-12(8-10)24(11)17(25)13-9-15(16(18)19)23(2)21-13/h5-6,9-12,16H,3-4,7-8H2,1-2H3. The van der Waals surface area contributed by atoms with Crippen LogP contribution in [0.15, 0.2) is 18.3 Å². The normalized spacial score (nSPS) is 25.8. The highest BCUT2D eigenvalue weighted by molar-refractivity contribution is 5.93. The molecule has 4 rings (SSSR count). The van der Waals surface area contributed by atoms with Crippen LogP contribution in [0.25, 0.3) is 0 Å². The van der Waals surface area contributed by atoms with E-state index in [4.69, 9.17) is 0 Å². The topological polar surface area (TPSA) is 56.0 Å². The summed E-state index contributed by atoms with van der Waals surface area (Å²) in [5.41, 5.74) is 1.09. The third-order valence-corrected chi connectivity index (χ3v) is 5.60. The van der Waals surface area contributed by atoms with Crippen LogP contribution < -0.4 is 0 Å². The van der Waals surface area contributed by atoms with E-state index in [1.165, 1.54) is 18.8 Å². The van der Waals surface area contributed by atoms with E-state index in [1.807, 2.05) is 22.7 Å². The lowest BCUT2D eigenvalue weighted by atomic mass is 9.88. The fraction of sp³-hybridized carbons (Fsp3) is 0.588. The molecule has 4 heterocycles. The van der Waals surface area contributed by atoms with Gasteiger partial charge in [0.15, 0.2) is 5.69 Å². The number of aryl methyl sites for hydroxylation is 2. The van der Waals surface area contributed by atoms with Crippen LogP contribution in [-0.2, 0) is 14.1 Å². The number of carbonyl (C=O) groups excluding carboxylic acids is 1. The molecule has 2 saturated heterocycles. The van der Waals surface area contributed by atoms with Gasteiger partial charge < -0.3 is 4.90 Å². The van der Waals surface area contributed by atoms with Crippen molar-refractivity contribution >= 4 is 5.91 Å². The molecule has 0 radical (unpaired) electrons. The van der Waals surface area contributed by atoms with Crippen LogP contribution in [0.2, 0.25) is 0 Å². The number of alkyl halides is 2. The minimum Gasteiger partial charge on any atom is -0.331 e.